The molecule has 0 aromatic heterocycles. The van der Waals surface area contributed by atoms with Gasteiger partial charge in [0, 0.05) is 25.6 Å². The summed E-state index contributed by atoms with van der Waals surface area (Å²) in [6.45, 7) is 14.3. The van der Waals surface area contributed by atoms with Gasteiger partial charge in [0.05, 0.1) is 18.2 Å². The van der Waals surface area contributed by atoms with Crippen molar-refractivity contribution in [3.05, 3.63) is 64.7 Å². The number of carbonyl (C=O) groups excluding carboxylic acids is 3. The zero-order valence-corrected chi connectivity index (χ0v) is 23.1. The summed E-state index contributed by atoms with van der Waals surface area (Å²) in [4.78, 5) is 42.0. The van der Waals surface area contributed by atoms with Crippen LogP contribution in [-0.2, 0) is 14.4 Å². The van der Waals surface area contributed by atoms with Crippen molar-refractivity contribution in [3.63, 3.8) is 0 Å². The van der Waals surface area contributed by atoms with Gasteiger partial charge in [-0.2, -0.15) is 0 Å². The van der Waals surface area contributed by atoms with Gasteiger partial charge in [-0.1, -0.05) is 39.8 Å². The van der Waals surface area contributed by atoms with Gasteiger partial charge in [0.2, 0.25) is 0 Å². The molecule has 0 saturated carbocycles. The summed E-state index contributed by atoms with van der Waals surface area (Å²) >= 11 is 0. The molecule has 8 nitrogen and oxygen atoms in total. The van der Waals surface area contributed by atoms with Crippen LogP contribution in [0.1, 0.15) is 70.2 Å². The van der Waals surface area contributed by atoms with E-state index in [1.807, 2.05) is 34.6 Å². The number of hydrogen-bond acceptors (Lipinski definition) is 7. The van der Waals surface area contributed by atoms with E-state index in [-0.39, 0.29) is 17.3 Å². The van der Waals surface area contributed by atoms with Crippen LogP contribution in [0.5, 0.6) is 11.5 Å². The maximum absolute atomic E-state index is 13.4. The van der Waals surface area contributed by atoms with E-state index in [1.54, 1.807) is 42.5 Å². The maximum atomic E-state index is 13.4. The zero-order valence-electron chi connectivity index (χ0n) is 23.1. The Hall–Kier alpha value is -3.65. The molecule has 1 aliphatic heterocycles. The van der Waals surface area contributed by atoms with Crippen molar-refractivity contribution in [1.82, 2.24) is 9.80 Å². The molecule has 1 atom stereocenters. The molecule has 0 spiro atoms. The molecule has 3 rings (SSSR count). The first-order valence-electron chi connectivity index (χ1n) is 13.2. The number of nitrogens with zero attached hydrogens (tertiary/aromatic N) is 2. The zero-order chi connectivity index (χ0) is 28.0. The number of hydrogen-bond donors (Lipinski definition) is 1. The highest BCUT2D eigenvalue weighted by Gasteiger charge is 2.46. The number of benzene rings is 2. The predicted octanol–water partition coefficient (Wildman–Crippen LogP) is 4.90. The van der Waals surface area contributed by atoms with Crippen LogP contribution in [0.25, 0.3) is 5.76 Å². The summed E-state index contributed by atoms with van der Waals surface area (Å²) in [6, 6.07) is 11.2. The summed E-state index contributed by atoms with van der Waals surface area (Å²) in [5.74, 6) is -1.02. The second-order valence-electron chi connectivity index (χ2n) is 9.53. The van der Waals surface area contributed by atoms with Crippen molar-refractivity contribution >= 4 is 23.4 Å². The Morgan fingerprint density at radius 1 is 1.08 bits per heavy atom. The van der Waals surface area contributed by atoms with Crippen molar-refractivity contribution < 1.29 is 29.0 Å². The lowest BCUT2D eigenvalue weighted by Crippen LogP contribution is -2.38. The first-order chi connectivity index (χ1) is 18.1. The van der Waals surface area contributed by atoms with Gasteiger partial charge in [-0.15, -0.1) is 0 Å². The molecule has 1 aliphatic rings. The van der Waals surface area contributed by atoms with Gasteiger partial charge in [-0.3, -0.25) is 14.4 Å². The SMILES string of the molecule is CCOc1ccc(/C(O)=C2\C(=O)C(=O)N(CCN(CC)CC)C2c2cccc(OC(C)=O)c2)cc1C(C)C. The van der Waals surface area contributed by atoms with E-state index >= 15 is 0 Å². The third kappa shape index (κ3) is 6.25. The number of aliphatic hydroxyl groups excluding tert-OH is 1. The van der Waals surface area contributed by atoms with Crippen molar-refractivity contribution in [2.45, 2.75) is 53.5 Å². The number of Topliss-reactive ketones (excluding diaryl/α,β-unsaturated/α-hetero) is 1. The van der Waals surface area contributed by atoms with Crippen LogP contribution in [0.3, 0.4) is 0 Å². The number of rotatable bonds is 11. The topological polar surface area (TPSA) is 96.4 Å². The van der Waals surface area contributed by atoms with E-state index in [0.717, 1.165) is 18.7 Å². The van der Waals surface area contributed by atoms with Crippen LogP contribution in [0, 0.1) is 0 Å². The molecule has 204 valence electrons. The van der Waals surface area contributed by atoms with E-state index in [2.05, 4.69) is 4.90 Å². The van der Waals surface area contributed by atoms with Crippen LogP contribution >= 0.6 is 0 Å². The lowest BCUT2D eigenvalue weighted by atomic mass is 9.93. The molecule has 1 fully saturated rings. The average Bonchev–Trinajstić information content (AvgIpc) is 3.14. The molecule has 0 radical (unpaired) electrons. The van der Waals surface area contributed by atoms with Crippen molar-refractivity contribution in [2.75, 3.05) is 32.8 Å². The summed E-state index contributed by atoms with van der Waals surface area (Å²) in [5.41, 5.74) is 1.90. The van der Waals surface area contributed by atoms with Gasteiger partial charge >= 0.3 is 5.97 Å². The third-order valence-electron chi connectivity index (χ3n) is 6.73. The Kier molecular flexibility index (Phi) is 9.69. The highest BCUT2D eigenvalue weighted by Crippen LogP contribution is 2.41. The molecule has 1 N–H and O–H groups in total. The number of amides is 1. The minimum absolute atomic E-state index is 0.00777. The predicted molar refractivity (Wildman–Crippen MR) is 146 cm³/mol. The van der Waals surface area contributed by atoms with Crippen LogP contribution in [0.2, 0.25) is 0 Å². The van der Waals surface area contributed by atoms with E-state index in [1.165, 1.54) is 11.8 Å². The minimum Gasteiger partial charge on any atom is -0.507 e. The number of aliphatic hydroxyl groups is 1. The second kappa shape index (κ2) is 12.7. The fourth-order valence-electron chi connectivity index (χ4n) is 4.75. The molecule has 1 heterocycles. The van der Waals surface area contributed by atoms with Crippen molar-refractivity contribution in [1.29, 1.82) is 0 Å². The summed E-state index contributed by atoms with van der Waals surface area (Å²) in [5, 5.41) is 11.5. The Morgan fingerprint density at radius 3 is 2.39 bits per heavy atom. The summed E-state index contributed by atoms with van der Waals surface area (Å²) in [6.07, 6.45) is 0. The maximum Gasteiger partial charge on any atom is 0.308 e. The Bertz CT molecular complexity index is 1210. The third-order valence-corrected chi connectivity index (χ3v) is 6.73. The smallest absolute Gasteiger partial charge is 0.308 e. The fourth-order valence-corrected chi connectivity index (χ4v) is 4.75. The Balaban J connectivity index is 2.17. The van der Waals surface area contributed by atoms with Crippen LogP contribution in [0.15, 0.2) is 48.0 Å². The van der Waals surface area contributed by atoms with Gasteiger partial charge < -0.3 is 24.4 Å². The molecule has 0 bridgehead atoms. The monoisotopic (exact) mass is 522 g/mol. The first-order valence-corrected chi connectivity index (χ1v) is 13.2. The van der Waals surface area contributed by atoms with Gasteiger partial charge in [-0.05, 0) is 67.4 Å². The van der Waals surface area contributed by atoms with Crippen molar-refractivity contribution in [3.8, 4) is 11.5 Å². The van der Waals surface area contributed by atoms with Gasteiger partial charge in [0.25, 0.3) is 11.7 Å². The molecule has 1 unspecified atom stereocenters. The Morgan fingerprint density at radius 2 is 1.79 bits per heavy atom. The molecule has 1 saturated heterocycles. The van der Waals surface area contributed by atoms with Gasteiger partial charge in [0.15, 0.2) is 0 Å². The molecule has 0 aliphatic carbocycles. The number of ether oxygens (including phenoxy) is 2. The minimum atomic E-state index is -0.838. The number of esters is 1. The molecule has 2 aromatic rings. The molecular weight excluding hydrogens is 484 g/mol. The fraction of sp³-hybridized carbons (Fsp3) is 0.433. The van der Waals surface area contributed by atoms with Crippen LogP contribution in [0.4, 0.5) is 0 Å². The highest BCUT2D eigenvalue weighted by atomic mass is 16.5. The molecular formula is C30H38N2O6. The summed E-state index contributed by atoms with van der Waals surface area (Å²) in [7, 11) is 0. The highest BCUT2D eigenvalue weighted by molar-refractivity contribution is 6.46. The number of likely N-dealkylation sites (tertiary alicyclic amines) is 1. The van der Waals surface area contributed by atoms with E-state index < -0.39 is 23.7 Å². The van der Waals surface area contributed by atoms with Gasteiger partial charge in [-0.25, -0.2) is 0 Å². The van der Waals surface area contributed by atoms with E-state index in [4.69, 9.17) is 9.47 Å². The van der Waals surface area contributed by atoms with Crippen LogP contribution in [-0.4, -0.2) is 65.4 Å². The van der Waals surface area contributed by atoms with Crippen molar-refractivity contribution in [2.24, 2.45) is 0 Å². The first kappa shape index (κ1) is 28.9. The quantitative estimate of drug-likeness (QED) is 0.147. The van der Waals surface area contributed by atoms with E-state index in [0.29, 0.717) is 42.3 Å². The number of carbonyl (C=O) groups is 3. The lowest BCUT2D eigenvalue weighted by Gasteiger charge is -2.28. The normalized spacial score (nSPS) is 16.9. The number of ketones is 1. The van der Waals surface area contributed by atoms with Gasteiger partial charge in [0.1, 0.15) is 17.3 Å². The molecule has 38 heavy (non-hydrogen) atoms. The standard InChI is InChI=1S/C30H38N2O6/c1-7-31(8-2)15-16-32-27(21-11-10-12-23(17-21)38-20(6)33)26(29(35)30(32)36)28(34)22-13-14-25(37-9-3)24(18-22)19(4)5/h10-14,17-19,27,34H,7-9,15-16H2,1-6H3/b28-26+. The lowest BCUT2D eigenvalue weighted by molar-refractivity contribution is -0.140. The molecule has 1 amide bonds. The number of likely N-dealkylation sites (N-methyl/N-ethyl adjacent to an activating group) is 1. The second-order valence-corrected chi connectivity index (χ2v) is 9.53. The summed E-state index contributed by atoms with van der Waals surface area (Å²) < 4.78 is 11.0. The van der Waals surface area contributed by atoms with Crippen LogP contribution < -0.4 is 9.47 Å². The average molecular weight is 523 g/mol. The molecule has 8 heteroatoms. The van der Waals surface area contributed by atoms with E-state index in [9.17, 15) is 19.5 Å². The largest absolute Gasteiger partial charge is 0.507 e. The Labute approximate surface area is 224 Å². The molecule has 2 aromatic carbocycles.